The summed E-state index contributed by atoms with van der Waals surface area (Å²) in [5, 5.41) is 11.0. The molecule has 2 aromatic rings. The van der Waals surface area contributed by atoms with Gasteiger partial charge in [-0.2, -0.15) is 0 Å². The van der Waals surface area contributed by atoms with Crippen LogP contribution < -0.4 is 4.74 Å². The zero-order valence-electron chi connectivity index (χ0n) is 18.1. The number of rotatable bonds is 6. The molecule has 0 aromatic heterocycles. The Labute approximate surface area is 187 Å². The summed E-state index contributed by atoms with van der Waals surface area (Å²) in [4.78, 5) is 31.1. The molecule has 8 nitrogen and oxygen atoms in total. The maximum absolute atomic E-state index is 12.9. The maximum Gasteiger partial charge on any atom is 0.273 e. The predicted molar refractivity (Wildman–Crippen MR) is 120 cm³/mol. The Balaban J connectivity index is 1.33. The fourth-order valence-electron chi connectivity index (χ4n) is 4.70. The third-order valence-corrected chi connectivity index (χ3v) is 6.48. The number of ether oxygens (including phenoxy) is 1. The number of aryl methyl sites for hydroxylation is 1. The molecule has 166 valence electrons. The first-order valence-corrected chi connectivity index (χ1v) is 10.8. The van der Waals surface area contributed by atoms with Crippen molar-refractivity contribution in [3.63, 3.8) is 0 Å². The molecule has 0 saturated carbocycles. The van der Waals surface area contributed by atoms with Gasteiger partial charge in [0.05, 0.1) is 31.2 Å². The number of nitro benzene ring substituents is 1. The highest BCUT2D eigenvalue weighted by Gasteiger charge is 2.31. The maximum atomic E-state index is 12.9. The molecule has 2 aliphatic rings. The molecule has 4 rings (SSSR count). The Kier molecular flexibility index (Phi) is 6.37. The second-order valence-corrected chi connectivity index (χ2v) is 8.33. The summed E-state index contributed by atoms with van der Waals surface area (Å²) in [6.07, 6.45) is 3.34. The summed E-state index contributed by atoms with van der Waals surface area (Å²) in [6, 6.07) is 10.8. The number of carbonyl (C=O) groups excluding carboxylic acids is 1. The van der Waals surface area contributed by atoms with Gasteiger partial charge in [0.1, 0.15) is 5.75 Å². The number of nitrogens with zero attached hydrogens (tertiary/aromatic N) is 4. The van der Waals surface area contributed by atoms with Crippen molar-refractivity contribution in [3.8, 4) is 5.75 Å². The van der Waals surface area contributed by atoms with Gasteiger partial charge in [-0.3, -0.25) is 19.8 Å². The Morgan fingerprint density at radius 3 is 2.78 bits per heavy atom. The fraction of sp³-hybridized carbons (Fsp3) is 0.417. The summed E-state index contributed by atoms with van der Waals surface area (Å²) in [6.45, 7) is 9.77. The minimum atomic E-state index is -0.433. The van der Waals surface area contributed by atoms with E-state index in [1.807, 2.05) is 23.1 Å². The van der Waals surface area contributed by atoms with Crippen LogP contribution in [0.25, 0.3) is 4.85 Å². The molecule has 1 atom stereocenters. The Morgan fingerprint density at radius 1 is 1.22 bits per heavy atom. The second kappa shape index (κ2) is 9.37. The van der Waals surface area contributed by atoms with Crippen molar-refractivity contribution in [2.75, 3.05) is 33.3 Å². The third kappa shape index (κ3) is 4.58. The molecule has 1 amide bonds. The van der Waals surface area contributed by atoms with Gasteiger partial charge in [-0.15, -0.1) is 0 Å². The molecule has 1 aliphatic heterocycles. The quantitative estimate of drug-likeness (QED) is 0.396. The molecule has 1 unspecified atom stereocenters. The third-order valence-electron chi connectivity index (χ3n) is 6.48. The predicted octanol–water partition coefficient (Wildman–Crippen LogP) is 3.40. The highest BCUT2D eigenvalue weighted by Crippen LogP contribution is 2.29. The summed E-state index contributed by atoms with van der Waals surface area (Å²) < 4.78 is 5.32. The molecule has 1 heterocycles. The van der Waals surface area contributed by atoms with Crippen LogP contribution >= 0.6 is 0 Å². The van der Waals surface area contributed by atoms with E-state index < -0.39 is 4.92 Å². The van der Waals surface area contributed by atoms with E-state index in [4.69, 9.17) is 11.3 Å². The molecule has 0 spiro atoms. The lowest BCUT2D eigenvalue weighted by Gasteiger charge is -2.41. The lowest BCUT2D eigenvalue weighted by atomic mass is 9.87. The zero-order valence-corrected chi connectivity index (χ0v) is 18.1. The van der Waals surface area contributed by atoms with Crippen molar-refractivity contribution >= 4 is 17.3 Å². The minimum Gasteiger partial charge on any atom is -0.496 e. The Bertz CT molecular complexity index is 1080. The van der Waals surface area contributed by atoms with Gasteiger partial charge in [0, 0.05) is 31.7 Å². The van der Waals surface area contributed by atoms with Gasteiger partial charge in [-0.05, 0) is 42.9 Å². The van der Waals surface area contributed by atoms with Crippen molar-refractivity contribution < 1.29 is 14.5 Å². The number of piperazine rings is 1. The lowest BCUT2D eigenvalue weighted by molar-refractivity contribution is -0.384. The molecule has 8 heteroatoms. The number of methoxy groups -OCH3 is 1. The number of hydrogen-bond donors (Lipinski definition) is 0. The number of benzene rings is 2. The number of amides is 1. The van der Waals surface area contributed by atoms with E-state index in [-0.39, 0.29) is 17.6 Å². The summed E-state index contributed by atoms with van der Waals surface area (Å²) in [7, 11) is 1.51. The van der Waals surface area contributed by atoms with Gasteiger partial charge in [-0.1, -0.05) is 23.8 Å². The van der Waals surface area contributed by atoms with Crippen LogP contribution in [0.3, 0.4) is 0 Å². The highest BCUT2D eigenvalue weighted by atomic mass is 16.6. The first kappa shape index (κ1) is 21.8. The SMILES string of the molecule is [C-]#[N+]c1ccc2c(c1)CCC(N1CCN(CCc3ccc([N+](=O)[O-])cc3OC)CC1=O)C2. The summed E-state index contributed by atoms with van der Waals surface area (Å²) in [5.74, 6) is 0.657. The van der Waals surface area contributed by atoms with Crippen LogP contribution in [-0.4, -0.2) is 60.0 Å². The van der Waals surface area contributed by atoms with Crippen LogP contribution in [0.5, 0.6) is 5.75 Å². The van der Waals surface area contributed by atoms with Crippen LogP contribution in [0, 0.1) is 16.7 Å². The van der Waals surface area contributed by atoms with E-state index in [1.165, 1.54) is 30.4 Å². The molecular formula is C24H26N4O4. The van der Waals surface area contributed by atoms with Gasteiger partial charge >= 0.3 is 0 Å². The van der Waals surface area contributed by atoms with E-state index in [0.29, 0.717) is 37.5 Å². The van der Waals surface area contributed by atoms with Gasteiger partial charge in [0.15, 0.2) is 5.69 Å². The van der Waals surface area contributed by atoms with Gasteiger partial charge in [0.2, 0.25) is 5.91 Å². The average Bonchev–Trinajstić information content (AvgIpc) is 2.81. The van der Waals surface area contributed by atoms with Crippen molar-refractivity contribution in [1.82, 2.24) is 9.80 Å². The van der Waals surface area contributed by atoms with E-state index in [2.05, 4.69) is 9.74 Å². The van der Waals surface area contributed by atoms with Gasteiger partial charge in [0.25, 0.3) is 5.69 Å². The Hall–Kier alpha value is -3.44. The Morgan fingerprint density at radius 2 is 2.06 bits per heavy atom. The van der Waals surface area contributed by atoms with E-state index in [0.717, 1.165) is 31.4 Å². The number of nitro groups is 1. The van der Waals surface area contributed by atoms with Crippen LogP contribution in [0.2, 0.25) is 0 Å². The number of non-ortho nitro benzene ring substituents is 1. The average molecular weight is 434 g/mol. The summed E-state index contributed by atoms with van der Waals surface area (Å²) >= 11 is 0. The smallest absolute Gasteiger partial charge is 0.273 e. The molecule has 32 heavy (non-hydrogen) atoms. The number of carbonyl (C=O) groups is 1. The number of fused-ring (bicyclic) bond motifs is 1. The van der Waals surface area contributed by atoms with Crippen LogP contribution in [-0.2, 0) is 24.1 Å². The van der Waals surface area contributed by atoms with Crippen LogP contribution in [0.15, 0.2) is 36.4 Å². The van der Waals surface area contributed by atoms with Gasteiger partial charge in [-0.25, -0.2) is 4.85 Å². The second-order valence-electron chi connectivity index (χ2n) is 8.33. The topological polar surface area (TPSA) is 80.3 Å². The minimum absolute atomic E-state index is 0.00811. The van der Waals surface area contributed by atoms with Crippen LogP contribution in [0.1, 0.15) is 23.1 Å². The first-order valence-electron chi connectivity index (χ1n) is 10.8. The largest absolute Gasteiger partial charge is 0.496 e. The summed E-state index contributed by atoms with van der Waals surface area (Å²) in [5.41, 5.74) is 4.06. The molecule has 2 aromatic carbocycles. The monoisotopic (exact) mass is 434 g/mol. The van der Waals surface area contributed by atoms with Crippen molar-refractivity contribution in [2.24, 2.45) is 0 Å². The standard InChI is InChI=1S/C24H26N4O4/c1-25-20-6-3-19-14-21(7-5-18(19)13-20)27-12-11-26(16-24(27)29)10-9-17-4-8-22(28(30)31)15-23(17)32-2/h3-4,6,8,13,15,21H,5,7,9-12,14,16H2,2H3. The highest BCUT2D eigenvalue weighted by molar-refractivity contribution is 5.79. The van der Waals surface area contributed by atoms with Crippen molar-refractivity contribution in [3.05, 3.63) is 74.6 Å². The van der Waals surface area contributed by atoms with E-state index >= 15 is 0 Å². The van der Waals surface area contributed by atoms with Crippen molar-refractivity contribution in [2.45, 2.75) is 31.7 Å². The molecule has 0 bridgehead atoms. The zero-order chi connectivity index (χ0) is 22.7. The normalized spacial score (nSPS) is 18.7. The fourth-order valence-corrected chi connectivity index (χ4v) is 4.70. The molecule has 1 saturated heterocycles. The molecule has 1 fully saturated rings. The molecule has 0 N–H and O–H groups in total. The molecule has 1 aliphatic carbocycles. The lowest BCUT2D eigenvalue weighted by Crippen LogP contribution is -2.55. The van der Waals surface area contributed by atoms with Crippen LogP contribution in [0.4, 0.5) is 11.4 Å². The number of hydrogen-bond acceptors (Lipinski definition) is 5. The molecular weight excluding hydrogens is 408 g/mol. The molecule has 0 radical (unpaired) electrons. The van der Waals surface area contributed by atoms with Gasteiger partial charge < -0.3 is 9.64 Å². The van der Waals surface area contributed by atoms with Crippen molar-refractivity contribution in [1.29, 1.82) is 0 Å². The van der Waals surface area contributed by atoms with E-state index in [1.54, 1.807) is 6.07 Å². The van der Waals surface area contributed by atoms with E-state index in [9.17, 15) is 14.9 Å². The first-order chi connectivity index (χ1) is 15.5.